The van der Waals surface area contributed by atoms with Gasteiger partial charge in [-0.25, -0.2) is 4.79 Å². The molecule has 0 unspecified atom stereocenters. The highest BCUT2D eigenvalue weighted by molar-refractivity contribution is 5.94. The molecule has 4 aromatic rings. The fourth-order valence-electron chi connectivity index (χ4n) is 3.95. The number of carbonyl (C=O) groups excluding carboxylic acids is 1. The van der Waals surface area contributed by atoms with Gasteiger partial charge in [0.25, 0.3) is 0 Å². The van der Waals surface area contributed by atoms with Crippen LogP contribution >= 0.6 is 0 Å². The van der Waals surface area contributed by atoms with Gasteiger partial charge in [-0.3, -0.25) is 0 Å². The van der Waals surface area contributed by atoms with Crippen molar-refractivity contribution >= 4 is 5.97 Å². The second-order valence-corrected chi connectivity index (χ2v) is 8.90. The third-order valence-electron chi connectivity index (χ3n) is 6.21. The third kappa shape index (κ3) is 7.85. The lowest BCUT2D eigenvalue weighted by atomic mass is 10.1. The zero-order chi connectivity index (χ0) is 29.0. The van der Waals surface area contributed by atoms with Crippen LogP contribution in [-0.2, 0) is 24.6 Å². The fraction of sp³-hybridized carbons (Fsp3) is 0.242. The van der Waals surface area contributed by atoms with Gasteiger partial charge in [-0.2, -0.15) is 0 Å². The Hall–Kier alpha value is -4.85. The van der Waals surface area contributed by atoms with Crippen LogP contribution in [0.3, 0.4) is 0 Å². The van der Waals surface area contributed by atoms with Crippen LogP contribution in [0.4, 0.5) is 0 Å². The van der Waals surface area contributed by atoms with Crippen molar-refractivity contribution in [2.24, 2.45) is 0 Å². The second kappa shape index (κ2) is 14.5. The van der Waals surface area contributed by atoms with Gasteiger partial charge in [0.2, 0.25) is 5.75 Å². The second-order valence-electron chi connectivity index (χ2n) is 8.90. The van der Waals surface area contributed by atoms with Crippen molar-refractivity contribution in [1.29, 1.82) is 0 Å². The standard InChI is InChI=1S/C33H34O8/c1-5-38-33(34)29-18-19-30(39-20-23-6-12-26(35-2)13-7-23)32(41-22-25-10-16-28(37-4)17-11-25)31(29)40-21-24-8-14-27(36-3)15-9-24/h6-19H,5,20-22H2,1-4H3. The Balaban J connectivity index is 1.67. The van der Waals surface area contributed by atoms with E-state index in [2.05, 4.69) is 0 Å². The molecule has 0 aliphatic heterocycles. The van der Waals surface area contributed by atoms with Gasteiger partial charge in [-0.05, 0) is 72.1 Å². The minimum atomic E-state index is -0.520. The molecule has 0 bridgehead atoms. The zero-order valence-corrected chi connectivity index (χ0v) is 23.7. The van der Waals surface area contributed by atoms with Crippen LogP contribution < -0.4 is 28.4 Å². The van der Waals surface area contributed by atoms with Gasteiger partial charge in [0.05, 0.1) is 27.9 Å². The topological polar surface area (TPSA) is 81.7 Å². The molecule has 4 aromatic carbocycles. The van der Waals surface area contributed by atoms with Crippen LogP contribution in [-0.4, -0.2) is 33.9 Å². The van der Waals surface area contributed by atoms with Gasteiger partial charge in [0.1, 0.15) is 42.6 Å². The van der Waals surface area contributed by atoms with Crippen molar-refractivity contribution in [3.8, 4) is 34.5 Å². The number of hydrogen-bond donors (Lipinski definition) is 0. The molecule has 0 aliphatic rings. The highest BCUT2D eigenvalue weighted by Crippen LogP contribution is 2.42. The van der Waals surface area contributed by atoms with Crippen LogP contribution in [0.5, 0.6) is 34.5 Å². The normalized spacial score (nSPS) is 10.4. The number of hydrogen-bond acceptors (Lipinski definition) is 8. The van der Waals surface area contributed by atoms with Crippen molar-refractivity contribution in [2.45, 2.75) is 26.7 Å². The molecule has 0 aliphatic carbocycles. The minimum absolute atomic E-state index is 0.178. The Bertz CT molecular complexity index is 1400. The predicted molar refractivity (Wildman–Crippen MR) is 154 cm³/mol. The number of ether oxygens (including phenoxy) is 7. The number of carbonyl (C=O) groups is 1. The summed E-state index contributed by atoms with van der Waals surface area (Å²) in [5.74, 6) is 2.67. The molecule has 0 atom stereocenters. The summed E-state index contributed by atoms with van der Waals surface area (Å²) in [6.45, 7) is 2.61. The summed E-state index contributed by atoms with van der Waals surface area (Å²) in [7, 11) is 4.85. The molecule has 0 fully saturated rings. The van der Waals surface area contributed by atoms with Crippen molar-refractivity contribution in [3.05, 3.63) is 107 Å². The molecule has 0 aromatic heterocycles. The zero-order valence-electron chi connectivity index (χ0n) is 23.7. The fourth-order valence-corrected chi connectivity index (χ4v) is 3.95. The average molecular weight is 559 g/mol. The molecule has 214 valence electrons. The van der Waals surface area contributed by atoms with Crippen LogP contribution in [0.2, 0.25) is 0 Å². The van der Waals surface area contributed by atoms with E-state index in [1.807, 2.05) is 72.8 Å². The Morgan fingerprint density at radius 3 is 1.37 bits per heavy atom. The quantitative estimate of drug-likeness (QED) is 0.160. The van der Waals surface area contributed by atoms with Crippen molar-refractivity contribution in [2.75, 3.05) is 27.9 Å². The third-order valence-corrected chi connectivity index (χ3v) is 6.21. The van der Waals surface area contributed by atoms with E-state index in [9.17, 15) is 4.79 Å². The maximum atomic E-state index is 13.0. The highest BCUT2D eigenvalue weighted by atomic mass is 16.6. The Labute approximate surface area is 240 Å². The van der Waals surface area contributed by atoms with E-state index in [1.54, 1.807) is 40.4 Å². The summed E-state index contributed by atoms with van der Waals surface area (Å²) in [4.78, 5) is 13.0. The van der Waals surface area contributed by atoms with Crippen LogP contribution in [0.15, 0.2) is 84.9 Å². The first-order valence-corrected chi connectivity index (χ1v) is 13.2. The monoisotopic (exact) mass is 558 g/mol. The first kappa shape index (κ1) is 29.1. The van der Waals surface area contributed by atoms with E-state index < -0.39 is 5.97 Å². The Morgan fingerprint density at radius 2 is 0.951 bits per heavy atom. The maximum absolute atomic E-state index is 13.0. The molecule has 0 radical (unpaired) electrons. The van der Waals surface area contributed by atoms with E-state index >= 15 is 0 Å². The Kier molecular flexibility index (Phi) is 10.3. The van der Waals surface area contributed by atoms with Gasteiger partial charge in [-0.15, -0.1) is 0 Å². The SMILES string of the molecule is CCOC(=O)c1ccc(OCc2ccc(OC)cc2)c(OCc2ccc(OC)cc2)c1OCc1ccc(OC)cc1. The van der Waals surface area contributed by atoms with Gasteiger partial charge >= 0.3 is 5.97 Å². The summed E-state index contributed by atoms with van der Waals surface area (Å²) >= 11 is 0. The summed E-state index contributed by atoms with van der Waals surface area (Å²) in [6.07, 6.45) is 0. The average Bonchev–Trinajstić information content (AvgIpc) is 3.02. The lowest BCUT2D eigenvalue weighted by Crippen LogP contribution is -2.11. The summed E-state index contributed by atoms with van der Waals surface area (Å²) in [6, 6.07) is 25.9. The minimum Gasteiger partial charge on any atom is -0.497 e. The van der Waals surface area contributed by atoms with Gasteiger partial charge < -0.3 is 33.2 Å². The molecule has 41 heavy (non-hydrogen) atoms. The number of benzene rings is 4. The van der Waals surface area contributed by atoms with Crippen molar-refractivity contribution in [1.82, 2.24) is 0 Å². The van der Waals surface area contributed by atoms with Crippen molar-refractivity contribution < 1.29 is 38.0 Å². The number of rotatable bonds is 14. The highest BCUT2D eigenvalue weighted by Gasteiger charge is 2.24. The van der Waals surface area contributed by atoms with E-state index in [0.29, 0.717) is 11.5 Å². The maximum Gasteiger partial charge on any atom is 0.342 e. The van der Waals surface area contributed by atoms with Crippen LogP contribution in [0.1, 0.15) is 34.0 Å². The lowest BCUT2D eigenvalue weighted by molar-refractivity contribution is 0.0519. The molecule has 0 heterocycles. The molecular weight excluding hydrogens is 524 g/mol. The molecular formula is C33H34O8. The molecule has 0 saturated carbocycles. The van der Waals surface area contributed by atoms with E-state index in [-0.39, 0.29) is 37.7 Å². The molecule has 0 amide bonds. The molecule has 8 heteroatoms. The van der Waals surface area contributed by atoms with Gasteiger partial charge in [0, 0.05) is 0 Å². The first-order chi connectivity index (χ1) is 20.0. The largest absolute Gasteiger partial charge is 0.497 e. The molecule has 4 rings (SSSR count). The van der Waals surface area contributed by atoms with E-state index in [0.717, 1.165) is 33.9 Å². The van der Waals surface area contributed by atoms with E-state index in [1.165, 1.54) is 0 Å². The van der Waals surface area contributed by atoms with Crippen molar-refractivity contribution in [3.63, 3.8) is 0 Å². The molecule has 8 nitrogen and oxygen atoms in total. The molecule has 0 saturated heterocycles. The summed E-state index contributed by atoms with van der Waals surface area (Å²) in [5.41, 5.74) is 2.95. The Morgan fingerprint density at radius 1 is 0.537 bits per heavy atom. The smallest absolute Gasteiger partial charge is 0.342 e. The van der Waals surface area contributed by atoms with Gasteiger partial charge in [0.15, 0.2) is 11.5 Å². The van der Waals surface area contributed by atoms with Crippen LogP contribution in [0, 0.1) is 0 Å². The molecule has 0 N–H and O–H groups in total. The van der Waals surface area contributed by atoms with Gasteiger partial charge in [-0.1, -0.05) is 36.4 Å². The summed E-state index contributed by atoms with van der Waals surface area (Å²) < 4.78 is 39.9. The lowest BCUT2D eigenvalue weighted by Gasteiger charge is -2.20. The summed E-state index contributed by atoms with van der Waals surface area (Å²) in [5, 5.41) is 0. The number of methoxy groups -OCH3 is 3. The van der Waals surface area contributed by atoms with E-state index in [4.69, 9.17) is 33.2 Å². The van der Waals surface area contributed by atoms with Crippen LogP contribution in [0.25, 0.3) is 0 Å². The number of esters is 1. The molecule has 0 spiro atoms. The first-order valence-electron chi connectivity index (χ1n) is 13.2. The predicted octanol–water partition coefficient (Wildman–Crippen LogP) is 6.63.